The van der Waals surface area contributed by atoms with Gasteiger partial charge in [-0.3, -0.25) is 0 Å². The lowest BCUT2D eigenvalue weighted by molar-refractivity contribution is 0.0996. The average molecular weight is 325 g/mol. The van der Waals surface area contributed by atoms with Gasteiger partial charge in [-0.15, -0.1) is 0 Å². The van der Waals surface area contributed by atoms with Crippen molar-refractivity contribution in [3.8, 4) is 5.75 Å². The van der Waals surface area contributed by atoms with E-state index in [9.17, 15) is 0 Å². The second-order valence-electron chi connectivity index (χ2n) is 6.35. The minimum Gasteiger partial charge on any atom is -0.490 e. The summed E-state index contributed by atoms with van der Waals surface area (Å²) in [6.45, 7) is 9.01. The Morgan fingerprint density at radius 1 is 1.05 bits per heavy atom. The molecule has 1 fully saturated rings. The van der Waals surface area contributed by atoms with Crippen molar-refractivity contribution in [2.75, 3.05) is 0 Å². The molecule has 1 nitrogen and oxygen atoms in total. The summed E-state index contributed by atoms with van der Waals surface area (Å²) in [4.78, 5) is 0. The lowest BCUT2D eigenvalue weighted by atomic mass is 9.81. The Kier molecular flexibility index (Phi) is 4.94. The third-order valence-corrected chi connectivity index (χ3v) is 4.74. The van der Waals surface area contributed by atoms with E-state index in [0.717, 1.165) is 22.9 Å². The molecular formula is C17H25BrO. The Morgan fingerprint density at radius 3 is 2.05 bits per heavy atom. The zero-order valence-electron chi connectivity index (χ0n) is 12.5. The summed E-state index contributed by atoms with van der Waals surface area (Å²) >= 11 is 3.52. The minimum absolute atomic E-state index is 0.394. The van der Waals surface area contributed by atoms with E-state index in [1.807, 2.05) is 0 Å². The fourth-order valence-electron chi connectivity index (χ4n) is 3.44. The number of alkyl halides is 1. The largest absolute Gasteiger partial charge is 0.490 e. The van der Waals surface area contributed by atoms with E-state index in [2.05, 4.69) is 55.8 Å². The molecule has 1 aromatic rings. The molecule has 1 aromatic carbocycles. The molecule has 0 saturated heterocycles. The summed E-state index contributed by atoms with van der Waals surface area (Å²) in [5.41, 5.74) is 3.85. The Balaban J connectivity index is 2.14. The molecule has 1 aliphatic rings. The monoisotopic (exact) mass is 324 g/mol. The second kappa shape index (κ2) is 6.30. The average Bonchev–Trinajstić information content (AvgIpc) is 2.32. The van der Waals surface area contributed by atoms with Gasteiger partial charge in [0, 0.05) is 5.33 Å². The molecule has 106 valence electrons. The van der Waals surface area contributed by atoms with E-state index >= 15 is 0 Å². The quantitative estimate of drug-likeness (QED) is 0.676. The lowest BCUT2D eigenvalue weighted by Crippen LogP contribution is -2.29. The Bertz CT molecular complexity index is 408. The lowest BCUT2D eigenvalue weighted by Gasteiger charge is -2.32. The highest BCUT2D eigenvalue weighted by Gasteiger charge is 2.26. The smallest absolute Gasteiger partial charge is 0.125 e. The summed E-state index contributed by atoms with van der Waals surface area (Å²) in [6, 6.07) is 4.46. The summed E-state index contributed by atoms with van der Waals surface area (Å²) < 4.78 is 6.34. The van der Waals surface area contributed by atoms with Crippen LogP contribution in [0.2, 0.25) is 0 Å². The number of rotatable bonds is 3. The summed E-state index contributed by atoms with van der Waals surface area (Å²) in [5, 5.41) is 0.909. The number of aryl methyl sites for hydroxylation is 2. The highest BCUT2D eigenvalue weighted by atomic mass is 79.9. The Hall–Kier alpha value is -0.500. The van der Waals surface area contributed by atoms with Crippen LogP contribution in [0.3, 0.4) is 0 Å². The first kappa shape index (κ1) is 14.9. The van der Waals surface area contributed by atoms with Crippen LogP contribution in [0.1, 0.15) is 49.8 Å². The van der Waals surface area contributed by atoms with Gasteiger partial charge in [-0.25, -0.2) is 0 Å². The molecule has 0 spiro atoms. The van der Waals surface area contributed by atoms with Crippen LogP contribution in [-0.4, -0.2) is 6.10 Å². The second-order valence-corrected chi connectivity index (χ2v) is 6.91. The van der Waals surface area contributed by atoms with Crippen molar-refractivity contribution in [3.63, 3.8) is 0 Å². The van der Waals surface area contributed by atoms with Gasteiger partial charge in [-0.05, 0) is 61.6 Å². The molecule has 0 aliphatic heterocycles. The van der Waals surface area contributed by atoms with Crippen LogP contribution in [0.25, 0.3) is 0 Å². The molecule has 2 atom stereocenters. The van der Waals surface area contributed by atoms with Crippen molar-refractivity contribution < 1.29 is 4.74 Å². The topological polar surface area (TPSA) is 9.23 Å². The van der Waals surface area contributed by atoms with Crippen molar-refractivity contribution in [3.05, 3.63) is 28.8 Å². The van der Waals surface area contributed by atoms with Gasteiger partial charge in [0.2, 0.25) is 0 Å². The van der Waals surface area contributed by atoms with Gasteiger partial charge >= 0.3 is 0 Å². The van der Waals surface area contributed by atoms with E-state index < -0.39 is 0 Å². The van der Waals surface area contributed by atoms with Crippen molar-refractivity contribution in [1.82, 2.24) is 0 Å². The molecule has 0 bridgehead atoms. The Labute approximate surface area is 125 Å². The summed E-state index contributed by atoms with van der Waals surface area (Å²) in [6.07, 6.45) is 4.14. The molecular weight excluding hydrogens is 300 g/mol. The number of halogens is 1. The fourth-order valence-corrected chi connectivity index (χ4v) is 3.76. The van der Waals surface area contributed by atoms with Crippen LogP contribution in [0, 0.1) is 25.7 Å². The molecule has 19 heavy (non-hydrogen) atoms. The SMILES string of the molecule is Cc1cc(CBr)cc(C)c1OC1CC(C)CC(C)C1. The molecule has 0 radical (unpaired) electrons. The van der Waals surface area contributed by atoms with Gasteiger partial charge in [-0.1, -0.05) is 41.9 Å². The van der Waals surface area contributed by atoms with Crippen LogP contribution < -0.4 is 4.74 Å². The molecule has 2 unspecified atom stereocenters. The van der Waals surface area contributed by atoms with Crippen LogP contribution in [0.5, 0.6) is 5.75 Å². The molecule has 0 N–H and O–H groups in total. The van der Waals surface area contributed by atoms with Crippen LogP contribution in [0.15, 0.2) is 12.1 Å². The van der Waals surface area contributed by atoms with Crippen molar-refractivity contribution >= 4 is 15.9 Å². The number of benzene rings is 1. The first-order chi connectivity index (χ1) is 8.99. The zero-order valence-corrected chi connectivity index (χ0v) is 14.1. The van der Waals surface area contributed by atoms with E-state index in [1.54, 1.807) is 0 Å². The standard InChI is InChI=1S/C17H25BrO/c1-11-5-12(2)7-16(6-11)19-17-13(3)8-15(10-18)9-14(17)4/h8-9,11-12,16H,5-7,10H2,1-4H3. The zero-order chi connectivity index (χ0) is 14.0. The van der Waals surface area contributed by atoms with Gasteiger partial charge < -0.3 is 4.74 Å². The van der Waals surface area contributed by atoms with E-state index in [1.165, 1.54) is 36.0 Å². The van der Waals surface area contributed by atoms with Gasteiger partial charge in [0.1, 0.15) is 5.75 Å². The highest BCUT2D eigenvalue weighted by molar-refractivity contribution is 9.08. The molecule has 2 rings (SSSR count). The number of hydrogen-bond acceptors (Lipinski definition) is 1. The van der Waals surface area contributed by atoms with Gasteiger partial charge in [0.25, 0.3) is 0 Å². The van der Waals surface area contributed by atoms with E-state index in [4.69, 9.17) is 4.74 Å². The third kappa shape index (κ3) is 3.75. The molecule has 1 saturated carbocycles. The van der Waals surface area contributed by atoms with Gasteiger partial charge in [0.15, 0.2) is 0 Å². The van der Waals surface area contributed by atoms with E-state index in [-0.39, 0.29) is 0 Å². The molecule has 2 heteroatoms. The van der Waals surface area contributed by atoms with Gasteiger partial charge in [-0.2, -0.15) is 0 Å². The predicted octanol–water partition coefficient (Wildman–Crippen LogP) is 5.40. The van der Waals surface area contributed by atoms with Crippen molar-refractivity contribution in [2.45, 2.75) is 58.4 Å². The van der Waals surface area contributed by atoms with E-state index in [0.29, 0.717) is 6.10 Å². The molecule has 0 aromatic heterocycles. The van der Waals surface area contributed by atoms with Crippen LogP contribution in [-0.2, 0) is 5.33 Å². The van der Waals surface area contributed by atoms with Crippen molar-refractivity contribution in [2.24, 2.45) is 11.8 Å². The van der Waals surface area contributed by atoms with Gasteiger partial charge in [0.05, 0.1) is 6.10 Å². The van der Waals surface area contributed by atoms with Crippen molar-refractivity contribution in [1.29, 1.82) is 0 Å². The maximum absolute atomic E-state index is 6.34. The highest BCUT2D eigenvalue weighted by Crippen LogP contribution is 2.34. The maximum Gasteiger partial charge on any atom is 0.125 e. The Morgan fingerprint density at radius 2 is 1.58 bits per heavy atom. The molecule has 0 amide bonds. The summed E-state index contributed by atoms with van der Waals surface area (Å²) in [7, 11) is 0. The maximum atomic E-state index is 6.34. The first-order valence-electron chi connectivity index (χ1n) is 7.32. The van der Waals surface area contributed by atoms with Crippen LogP contribution >= 0.6 is 15.9 Å². The minimum atomic E-state index is 0.394. The summed E-state index contributed by atoms with van der Waals surface area (Å²) in [5.74, 6) is 2.68. The number of hydrogen-bond donors (Lipinski definition) is 0. The van der Waals surface area contributed by atoms with Crippen LogP contribution in [0.4, 0.5) is 0 Å². The normalized spacial score (nSPS) is 27.3. The molecule has 0 heterocycles. The predicted molar refractivity (Wildman–Crippen MR) is 85.1 cm³/mol. The number of ether oxygens (including phenoxy) is 1. The molecule has 1 aliphatic carbocycles. The third-order valence-electron chi connectivity index (χ3n) is 4.09. The first-order valence-corrected chi connectivity index (χ1v) is 8.44. The fraction of sp³-hybridized carbons (Fsp3) is 0.647.